The minimum absolute atomic E-state index is 0.00301. The monoisotopic (exact) mass is 512 g/mol. The molecule has 204 valence electrons. The second-order valence-electron chi connectivity index (χ2n) is 12.0. The smallest absolute Gasteiger partial charge is 0.224 e. The van der Waals surface area contributed by atoms with E-state index in [2.05, 4.69) is 10.3 Å². The first-order chi connectivity index (χ1) is 17.3. The van der Waals surface area contributed by atoms with Gasteiger partial charge in [0.15, 0.2) is 17.3 Å². The number of ketones is 4. The van der Waals surface area contributed by atoms with Gasteiger partial charge in [-0.05, 0) is 36.3 Å². The molecular formula is C30H44N2O5. The molecular weight excluding hydrogens is 468 g/mol. The standard InChI is InChI=1S/C30H44N2O5/c1-19(2)23(28(36)27(35)16-21-10-8-7-9-11-21)17-25(33)20(3)32-29(37)24(30(4,5)6)18-26(34)22-12-14-31-15-13-22/h12-15,19-21,23-24H,7-11,16-18H2,1-6H3,(H,32,37)/t20-,23-,24+/m0/s1. The van der Waals surface area contributed by atoms with E-state index in [9.17, 15) is 24.0 Å². The lowest BCUT2D eigenvalue weighted by Crippen LogP contribution is -2.46. The minimum atomic E-state index is -0.837. The van der Waals surface area contributed by atoms with Crippen molar-refractivity contribution in [3.05, 3.63) is 30.1 Å². The number of carbonyl (C=O) groups excluding carboxylic acids is 5. The van der Waals surface area contributed by atoms with E-state index in [4.69, 9.17) is 0 Å². The van der Waals surface area contributed by atoms with Crippen molar-refractivity contribution < 1.29 is 24.0 Å². The number of hydrogen-bond acceptors (Lipinski definition) is 6. The number of aromatic nitrogens is 1. The Bertz CT molecular complexity index is 958. The summed E-state index contributed by atoms with van der Waals surface area (Å²) < 4.78 is 0. The van der Waals surface area contributed by atoms with Crippen LogP contribution in [-0.4, -0.2) is 40.1 Å². The van der Waals surface area contributed by atoms with Gasteiger partial charge in [-0.25, -0.2) is 0 Å². The van der Waals surface area contributed by atoms with Gasteiger partial charge >= 0.3 is 0 Å². The Balaban J connectivity index is 2.02. The van der Waals surface area contributed by atoms with E-state index in [0.29, 0.717) is 5.56 Å². The topological polar surface area (TPSA) is 110 Å². The molecule has 0 bridgehead atoms. The zero-order chi connectivity index (χ0) is 27.8. The Labute approximate surface area is 221 Å². The molecule has 1 heterocycles. The maximum absolute atomic E-state index is 13.2. The fourth-order valence-electron chi connectivity index (χ4n) is 5.01. The number of amides is 1. The van der Waals surface area contributed by atoms with Crippen LogP contribution in [0.5, 0.6) is 0 Å². The van der Waals surface area contributed by atoms with E-state index >= 15 is 0 Å². The molecule has 37 heavy (non-hydrogen) atoms. The van der Waals surface area contributed by atoms with E-state index in [1.54, 1.807) is 19.1 Å². The largest absolute Gasteiger partial charge is 0.346 e. The molecule has 0 spiro atoms. The number of nitrogens with zero attached hydrogens (tertiary/aromatic N) is 1. The van der Waals surface area contributed by atoms with Crippen LogP contribution in [0.3, 0.4) is 0 Å². The number of carbonyl (C=O) groups is 5. The van der Waals surface area contributed by atoms with E-state index in [0.717, 1.165) is 25.7 Å². The molecule has 1 aliphatic rings. The molecule has 0 aliphatic heterocycles. The van der Waals surface area contributed by atoms with Crippen molar-refractivity contribution in [1.82, 2.24) is 10.3 Å². The molecule has 1 aromatic rings. The first-order valence-corrected chi connectivity index (χ1v) is 13.6. The van der Waals surface area contributed by atoms with Gasteiger partial charge in [-0.1, -0.05) is 66.7 Å². The van der Waals surface area contributed by atoms with Crippen molar-refractivity contribution in [1.29, 1.82) is 0 Å². The van der Waals surface area contributed by atoms with Crippen LogP contribution in [0.15, 0.2) is 24.5 Å². The first kappa shape index (κ1) is 30.5. The van der Waals surface area contributed by atoms with Crippen molar-refractivity contribution in [3.63, 3.8) is 0 Å². The molecule has 1 saturated carbocycles. The molecule has 1 aromatic heterocycles. The van der Waals surface area contributed by atoms with Gasteiger partial charge in [0.05, 0.1) is 12.0 Å². The van der Waals surface area contributed by atoms with Crippen molar-refractivity contribution in [2.45, 2.75) is 99.0 Å². The Kier molecular flexibility index (Phi) is 11.3. The van der Waals surface area contributed by atoms with E-state index in [1.807, 2.05) is 34.6 Å². The number of Topliss-reactive ketones (excluding diaryl/α,β-unsaturated/α-hetero) is 4. The Morgan fingerprint density at radius 3 is 2.08 bits per heavy atom. The highest BCUT2D eigenvalue weighted by atomic mass is 16.2. The van der Waals surface area contributed by atoms with Crippen LogP contribution < -0.4 is 5.32 Å². The molecule has 7 heteroatoms. The number of pyridine rings is 1. The van der Waals surface area contributed by atoms with Crippen LogP contribution in [0, 0.1) is 29.1 Å². The fraction of sp³-hybridized carbons (Fsp3) is 0.667. The lowest BCUT2D eigenvalue weighted by atomic mass is 9.76. The molecule has 1 amide bonds. The molecule has 3 atom stereocenters. The van der Waals surface area contributed by atoms with E-state index < -0.39 is 29.1 Å². The fourth-order valence-corrected chi connectivity index (χ4v) is 5.01. The maximum atomic E-state index is 13.2. The normalized spacial score (nSPS) is 17.1. The highest BCUT2D eigenvalue weighted by Gasteiger charge is 2.36. The zero-order valence-corrected chi connectivity index (χ0v) is 23.3. The van der Waals surface area contributed by atoms with Crippen molar-refractivity contribution in [2.75, 3.05) is 0 Å². The molecule has 0 aromatic carbocycles. The molecule has 0 radical (unpaired) electrons. The molecule has 2 rings (SSSR count). The van der Waals surface area contributed by atoms with Gasteiger partial charge in [0, 0.05) is 43.1 Å². The summed E-state index contributed by atoms with van der Waals surface area (Å²) in [6.07, 6.45) is 8.57. The van der Waals surface area contributed by atoms with Crippen molar-refractivity contribution in [2.24, 2.45) is 29.1 Å². The molecule has 0 saturated heterocycles. The highest BCUT2D eigenvalue weighted by molar-refractivity contribution is 6.38. The number of rotatable bonds is 13. The quantitative estimate of drug-likeness (QED) is 0.289. The second-order valence-corrected chi connectivity index (χ2v) is 12.0. The molecule has 0 unspecified atom stereocenters. The van der Waals surface area contributed by atoms with Crippen LogP contribution in [0.4, 0.5) is 0 Å². The van der Waals surface area contributed by atoms with Gasteiger partial charge in [0.25, 0.3) is 0 Å². The highest BCUT2D eigenvalue weighted by Crippen LogP contribution is 2.31. The summed E-state index contributed by atoms with van der Waals surface area (Å²) in [5.41, 5.74) is -0.0327. The van der Waals surface area contributed by atoms with Gasteiger partial charge in [-0.3, -0.25) is 29.0 Å². The van der Waals surface area contributed by atoms with E-state index in [1.165, 1.54) is 18.8 Å². The third kappa shape index (κ3) is 9.28. The van der Waals surface area contributed by atoms with Crippen LogP contribution >= 0.6 is 0 Å². The third-order valence-electron chi connectivity index (χ3n) is 7.63. The van der Waals surface area contributed by atoms with Crippen LogP contribution in [0.1, 0.15) is 103 Å². The maximum Gasteiger partial charge on any atom is 0.224 e. The molecule has 1 fully saturated rings. The molecule has 7 nitrogen and oxygen atoms in total. The average Bonchev–Trinajstić information content (AvgIpc) is 2.85. The Morgan fingerprint density at radius 1 is 0.946 bits per heavy atom. The lowest BCUT2D eigenvalue weighted by molar-refractivity contribution is -0.142. The predicted octanol–water partition coefficient (Wildman–Crippen LogP) is 5.16. The third-order valence-corrected chi connectivity index (χ3v) is 7.63. The van der Waals surface area contributed by atoms with Gasteiger partial charge in [-0.2, -0.15) is 0 Å². The van der Waals surface area contributed by atoms with Gasteiger partial charge in [0.2, 0.25) is 11.7 Å². The summed E-state index contributed by atoms with van der Waals surface area (Å²) in [7, 11) is 0. The summed E-state index contributed by atoms with van der Waals surface area (Å²) in [5, 5.41) is 2.77. The average molecular weight is 513 g/mol. The second kappa shape index (κ2) is 13.7. The number of nitrogens with one attached hydrogen (secondary N) is 1. The van der Waals surface area contributed by atoms with Crippen molar-refractivity contribution >= 4 is 29.0 Å². The van der Waals surface area contributed by atoms with Gasteiger partial charge in [0.1, 0.15) is 0 Å². The van der Waals surface area contributed by atoms with Crippen LogP contribution in [0.25, 0.3) is 0 Å². The van der Waals surface area contributed by atoms with Crippen LogP contribution in [0.2, 0.25) is 0 Å². The summed E-state index contributed by atoms with van der Waals surface area (Å²) >= 11 is 0. The summed E-state index contributed by atoms with van der Waals surface area (Å²) in [6, 6.07) is 2.39. The molecule has 1 aliphatic carbocycles. The van der Waals surface area contributed by atoms with E-state index in [-0.39, 0.29) is 54.4 Å². The minimum Gasteiger partial charge on any atom is -0.346 e. The van der Waals surface area contributed by atoms with Crippen molar-refractivity contribution in [3.8, 4) is 0 Å². The first-order valence-electron chi connectivity index (χ1n) is 13.6. The summed E-state index contributed by atoms with van der Waals surface area (Å²) in [6.45, 7) is 10.9. The Morgan fingerprint density at radius 2 is 1.54 bits per heavy atom. The zero-order valence-electron chi connectivity index (χ0n) is 23.3. The summed E-state index contributed by atoms with van der Waals surface area (Å²) in [4.78, 5) is 68.7. The van der Waals surface area contributed by atoms with Gasteiger partial charge in [-0.15, -0.1) is 0 Å². The lowest BCUT2D eigenvalue weighted by Gasteiger charge is -2.30. The SMILES string of the molecule is CC(C)[C@H](CC(=O)[C@H](C)NC(=O)[C@@H](CC(=O)c1ccncc1)C(C)(C)C)C(=O)C(=O)CC1CCCCC1. The van der Waals surface area contributed by atoms with Crippen LogP contribution in [-0.2, 0) is 19.2 Å². The van der Waals surface area contributed by atoms with Gasteiger partial charge < -0.3 is 5.32 Å². The Hall–Kier alpha value is -2.70. The predicted molar refractivity (Wildman–Crippen MR) is 143 cm³/mol. The molecule has 1 N–H and O–H groups in total. The number of hydrogen-bond donors (Lipinski definition) is 1. The summed E-state index contributed by atoms with van der Waals surface area (Å²) in [5.74, 6) is -2.95.